The molecule has 1 heterocycles. The fourth-order valence-electron chi connectivity index (χ4n) is 2.68. The number of halogens is 1. The lowest BCUT2D eigenvalue weighted by atomic mass is 10.0. The number of ketones is 1. The number of hydrogen-bond donors (Lipinski definition) is 4. The second kappa shape index (κ2) is 9.80. The SMILES string of the molecule is CC(C)(Oc1ccc(C(=O)c2ccc(Cl)cc2)cc1)C(=O)N/N=C/c1c(O)[nH]c(=S)[nH]c1=O. The van der Waals surface area contributed by atoms with Crippen LogP contribution in [0.4, 0.5) is 0 Å². The number of nitrogens with zero attached hydrogens (tertiary/aromatic N) is 1. The summed E-state index contributed by atoms with van der Waals surface area (Å²) in [7, 11) is 0. The first-order chi connectivity index (χ1) is 15.6. The maximum Gasteiger partial charge on any atom is 0.283 e. The lowest BCUT2D eigenvalue weighted by Gasteiger charge is -2.24. The van der Waals surface area contributed by atoms with E-state index >= 15 is 0 Å². The molecule has 9 nitrogen and oxygen atoms in total. The number of rotatable bonds is 7. The number of ether oxygens (including phenoxy) is 1. The van der Waals surface area contributed by atoms with Crippen LogP contribution in [-0.2, 0) is 4.79 Å². The molecule has 0 saturated heterocycles. The number of carbonyl (C=O) groups excluding carboxylic acids is 2. The standard InChI is InChI=1S/C22H19ClN4O5S/c1-22(2,20(31)27-24-11-16-18(29)25-21(33)26-19(16)30)32-15-9-5-13(6-10-15)17(28)12-3-7-14(23)8-4-12/h3-11H,1-2H3,(H,27,31)(H3,25,26,29,30,33)/b24-11+. The summed E-state index contributed by atoms with van der Waals surface area (Å²) in [6.45, 7) is 3.04. The quantitative estimate of drug-likeness (QED) is 0.175. The molecule has 11 heteroatoms. The third kappa shape index (κ3) is 5.93. The average molecular weight is 487 g/mol. The maximum absolute atomic E-state index is 12.5. The first-order valence-corrected chi connectivity index (χ1v) is 10.3. The smallest absolute Gasteiger partial charge is 0.283 e. The third-order valence-corrected chi connectivity index (χ3v) is 4.92. The Morgan fingerprint density at radius 2 is 1.67 bits per heavy atom. The van der Waals surface area contributed by atoms with Gasteiger partial charge in [-0.15, -0.1) is 0 Å². The van der Waals surface area contributed by atoms with Crippen LogP contribution in [0.5, 0.6) is 11.6 Å². The second-order valence-corrected chi connectivity index (χ2v) is 8.19. The van der Waals surface area contributed by atoms with Crippen molar-refractivity contribution in [3.05, 3.63) is 85.4 Å². The number of aromatic hydroxyl groups is 1. The van der Waals surface area contributed by atoms with E-state index in [1.165, 1.54) is 13.8 Å². The average Bonchev–Trinajstić information content (AvgIpc) is 2.75. The monoisotopic (exact) mass is 486 g/mol. The van der Waals surface area contributed by atoms with Crippen molar-refractivity contribution in [3.8, 4) is 11.6 Å². The third-order valence-electron chi connectivity index (χ3n) is 4.46. The number of hydrogen-bond acceptors (Lipinski definition) is 7. The van der Waals surface area contributed by atoms with Crippen molar-refractivity contribution in [1.82, 2.24) is 15.4 Å². The van der Waals surface area contributed by atoms with E-state index in [2.05, 4.69) is 20.5 Å². The first-order valence-electron chi connectivity index (χ1n) is 9.55. The molecule has 0 aliphatic rings. The van der Waals surface area contributed by atoms with Gasteiger partial charge in [-0.2, -0.15) is 5.10 Å². The molecule has 3 rings (SSSR count). The molecule has 0 aliphatic heterocycles. The molecule has 0 unspecified atom stereocenters. The topological polar surface area (TPSA) is 137 Å². The van der Waals surface area contributed by atoms with E-state index in [0.29, 0.717) is 21.9 Å². The second-order valence-electron chi connectivity index (χ2n) is 7.34. The summed E-state index contributed by atoms with van der Waals surface area (Å²) in [4.78, 5) is 41.5. The fourth-order valence-corrected chi connectivity index (χ4v) is 2.99. The van der Waals surface area contributed by atoms with Crippen LogP contribution in [0, 0.1) is 4.77 Å². The number of carbonyl (C=O) groups is 2. The zero-order valence-electron chi connectivity index (χ0n) is 17.5. The molecule has 170 valence electrons. The van der Waals surface area contributed by atoms with Crippen molar-refractivity contribution >= 4 is 41.7 Å². The summed E-state index contributed by atoms with van der Waals surface area (Å²) in [5.74, 6) is -0.911. The number of benzene rings is 2. The van der Waals surface area contributed by atoms with Gasteiger partial charge in [-0.25, -0.2) is 5.43 Å². The molecule has 0 atom stereocenters. The van der Waals surface area contributed by atoms with Gasteiger partial charge in [0.2, 0.25) is 5.88 Å². The van der Waals surface area contributed by atoms with Crippen molar-refractivity contribution in [1.29, 1.82) is 0 Å². The lowest BCUT2D eigenvalue weighted by molar-refractivity contribution is -0.134. The minimum Gasteiger partial charge on any atom is -0.494 e. The maximum atomic E-state index is 12.5. The van der Waals surface area contributed by atoms with Crippen LogP contribution in [0.15, 0.2) is 58.4 Å². The van der Waals surface area contributed by atoms with E-state index in [4.69, 9.17) is 28.6 Å². The first kappa shape index (κ1) is 23.9. The Labute approximate surface area is 198 Å². The highest BCUT2D eigenvalue weighted by Gasteiger charge is 2.30. The Morgan fingerprint density at radius 1 is 1.09 bits per heavy atom. The van der Waals surface area contributed by atoms with Crippen molar-refractivity contribution in [3.63, 3.8) is 0 Å². The zero-order chi connectivity index (χ0) is 24.2. The Balaban J connectivity index is 1.65. The molecule has 0 aliphatic carbocycles. The number of H-pyrrole nitrogens is 2. The van der Waals surface area contributed by atoms with E-state index in [0.717, 1.165) is 6.21 Å². The van der Waals surface area contributed by atoms with Gasteiger partial charge in [0.05, 0.1) is 6.21 Å². The minimum absolute atomic E-state index is 0.0471. The van der Waals surface area contributed by atoms with E-state index in [1.807, 2.05) is 0 Å². The molecule has 0 bridgehead atoms. The summed E-state index contributed by atoms with van der Waals surface area (Å²) in [6.07, 6.45) is 0.977. The van der Waals surface area contributed by atoms with E-state index < -0.39 is 22.9 Å². The highest BCUT2D eigenvalue weighted by atomic mass is 35.5. The predicted octanol–water partition coefficient (Wildman–Crippen LogP) is 3.33. The van der Waals surface area contributed by atoms with Crippen molar-refractivity contribution in [2.75, 3.05) is 0 Å². The highest BCUT2D eigenvalue weighted by molar-refractivity contribution is 7.71. The van der Waals surface area contributed by atoms with Gasteiger partial charge in [0.25, 0.3) is 11.5 Å². The number of aromatic amines is 2. The van der Waals surface area contributed by atoms with Gasteiger partial charge < -0.3 is 14.8 Å². The van der Waals surface area contributed by atoms with Crippen LogP contribution < -0.4 is 15.7 Å². The normalized spacial score (nSPS) is 11.4. The molecule has 2 aromatic carbocycles. The summed E-state index contributed by atoms with van der Waals surface area (Å²) in [5.41, 5.74) is 0.980. The molecular weight excluding hydrogens is 468 g/mol. The number of amides is 1. The lowest BCUT2D eigenvalue weighted by Crippen LogP contribution is -2.44. The molecule has 0 spiro atoms. The molecule has 1 amide bonds. The van der Waals surface area contributed by atoms with Crippen LogP contribution in [0.1, 0.15) is 35.3 Å². The van der Waals surface area contributed by atoms with Gasteiger partial charge in [0.1, 0.15) is 11.3 Å². The fraction of sp³-hybridized carbons (Fsp3) is 0.136. The van der Waals surface area contributed by atoms with Gasteiger partial charge in [-0.05, 0) is 74.6 Å². The van der Waals surface area contributed by atoms with Crippen LogP contribution in [0.25, 0.3) is 0 Å². The molecule has 33 heavy (non-hydrogen) atoms. The van der Waals surface area contributed by atoms with Gasteiger partial charge in [0.15, 0.2) is 16.2 Å². The van der Waals surface area contributed by atoms with Crippen molar-refractivity contribution < 1.29 is 19.4 Å². The summed E-state index contributed by atoms with van der Waals surface area (Å²) in [5, 5.41) is 14.0. The van der Waals surface area contributed by atoms with Crippen molar-refractivity contribution in [2.24, 2.45) is 5.10 Å². The van der Waals surface area contributed by atoms with E-state index in [9.17, 15) is 19.5 Å². The van der Waals surface area contributed by atoms with Gasteiger partial charge in [-0.3, -0.25) is 19.4 Å². The van der Waals surface area contributed by atoms with Crippen molar-refractivity contribution in [2.45, 2.75) is 19.4 Å². The van der Waals surface area contributed by atoms with Crippen LogP contribution >= 0.6 is 23.8 Å². The van der Waals surface area contributed by atoms with Crippen LogP contribution in [-0.4, -0.2) is 38.6 Å². The highest BCUT2D eigenvalue weighted by Crippen LogP contribution is 2.21. The molecule has 0 fully saturated rings. The van der Waals surface area contributed by atoms with Gasteiger partial charge >= 0.3 is 0 Å². The van der Waals surface area contributed by atoms with Crippen LogP contribution in [0.3, 0.4) is 0 Å². The number of aromatic nitrogens is 2. The molecular formula is C22H19ClN4O5S. The van der Waals surface area contributed by atoms with Crippen LogP contribution in [0.2, 0.25) is 5.02 Å². The molecule has 1 aromatic heterocycles. The molecule has 3 aromatic rings. The number of nitrogens with one attached hydrogen (secondary N) is 3. The summed E-state index contributed by atoms with van der Waals surface area (Å²) < 4.78 is 5.69. The number of hydrazone groups is 1. The van der Waals surface area contributed by atoms with Gasteiger partial charge in [0, 0.05) is 16.1 Å². The largest absolute Gasteiger partial charge is 0.494 e. The molecule has 4 N–H and O–H groups in total. The minimum atomic E-state index is -1.34. The Bertz CT molecular complexity index is 1330. The zero-order valence-corrected chi connectivity index (χ0v) is 19.1. The molecule has 0 saturated carbocycles. The van der Waals surface area contributed by atoms with E-state index in [1.54, 1.807) is 48.5 Å². The van der Waals surface area contributed by atoms with Gasteiger partial charge in [-0.1, -0.05) is 11.6 Å². The Morgan fingerprint density at radius 3 is 2.24 bits per heavy atom. The van der Waals surface area contributed by atoms with E-state index in [-0.39, 0.29) is 16.1 Å². The Kier molecular flexibility index (Phi) is 7.10. The summed E-state index contributed by atoms with van der Waals surface area (Å²) >= 11 is 10.6. The Hall–Kier alpha value is -3.76. The molecule has 0 radical (unpaired) electrons. The predicted molar refractivity (Wildman–Crippen MR) is 126 cm³/mol. The summed E-state index contributed by atoms with van der Waals surface area (Å²) in [6, 6.07) is 12.9.